The lowest BCUT2D eigenvalue weighted by atomic mass is 10.2. The van der Waals surface area contributed by atoms with Gasteiger partial charge in [0.15, 0.2) is 5.13 Å². The van der Waals surface area contributed by atoms with E-state index in [2.05, 4.69) is 9.71 Å². The number of nitrogens with zero attached hydrogens (tertiary/aromatic N) is 2. The first-order chi connectivity index (χ1) is 12.7. The van der Waals surface area contributed by atoms with Crippen LogP contribution in [0.25, 0.3) is 0 Å². The highest BCUT2D eigenvalue weighted by Crippen LogP contribution is 2.27. The fraction of sp³-hybridized carbons (Fsp3) is 0.474. The summed E-state index contributed by atoms with van der Waals surface area (Å²) in [6, 6.07) is 5.17. The number of rotatable bonds is 8. The smallest absolute Gasteiger partial charge is 0.265 e. The first-order valence-corrected chi connectivity index (χ1v) is 11.4. The van der Waals surface area contributed by atoms with Crippen LogP contribution in [0.2, 0.25) is 0 Å². The molecule has 0 fully saturated rings. The third kappa shape index (κ3) is 5.07. The number of carbonyl (C=O) groups excluding carboxylic acids is 1. The van der Waals surface area contributed by atoms with Gasteiger partial charge in [-0.05, 0) is 45.2 Å². The summed E-state index contributed by atoms with van der Waals surface area (Å²) in [6.07, 6.45) is 1.74. The predicted octanol–water partition coefficient (Wildman–Crippen LogP) is 4.13. The Bertz CT molecular complexity index is 914. The second kappa shape index (κ2) is 8.84. The number of carbonyl (C=O) groups is 1. The topological polar surface area (TPSA) is 79.4 Å². The minimum absolute atomic E-state index is 0.0920. The van der Waals surface area contributed by atoms with Crippen molar-refractivity contribution in [3.05, 3.63) is 39.9 Å². The van der Waals surface area contributed by atoms with E-state index in [0.717, 1.165) is 29.7 Å². The van der Waals surface area contributed by atoms with Crippen molar-refractivity contribution in [3.63, 3.8) is 0 Å². The Morgan fingerprint density at radius 2 is 1.78 bits per heavy atom. The standard InChI is InChI=1S/C19H27N3O3S2/c1-6-10-22(11-7-2)18(23)17-15(5)20-19(26-17)21-27(24,25)16-9-8-13(3)12-14(16)4/h8-9,12H,6-7,10-11H2,1-5H3,(H,20,21). The summed E-state index contributed by atoms with van der Waals surface area (Å²) < 4.78 is 28.0. The van der Waals surface area contributed by atoms with Crippen LogP contribution in [-0.4, -0.2) is 37.3 Å². The van der Waals surface area contributed by atoms with Crippen molar-refractivity contribution < 1.29 is 13.2 Å². The second-order valence-corrected chi connectivity index (χ2v) is 9.25. The van der Waals surface area contributed by atoms with Gasteiger partial charge in [0.2, 0.25) is 0 Å². The molecular formula is C19H27N3O3S2. The molecule has 0 atom stereocenters. The van der Waals surface area contributed by atoms with Gasteiger partial charge in [-0.15, -0.1) is 0 Å². The van der Waals surface area contributed by atoms with Crippen LogP contribution in [-0.2, 0) is 10.0 Å². The van der Waals surface area contributed by atoms with E-state index in [0.29, 0.717) is 29.2 Å². The molecule has 0 saturated carbocycles. The number of hydrogen-bond donors (Lipinski definition) is 1. The Morgan fingerprint density at radius 1 is 1.15 bits per heavy atom. The average molecular weight is 410 g/mol. The predicted molar refractivity (Wildman–Crippen MR) is 110 cm³/mol. The molecule has 0 aliphatic heterocycles. The number of nitrogens with one attached hydrogen (secondary N) is 1. The van der Waals surface area contributed by atoms with Crippen molar-refractivity contribution in [2.24, 2.45) is 0 Å². The summed E-state index contributed by atoms with van der Waals surface area (Å²) in [5, 5.41) is 0.212. The Kier molecular flexibility index (Phi) is 7.00. The molecule has 27 heavy (non-hydrogen) atoms. The summed E-state index contributed by atoms with van der Waals surface area (Å²) in [7, 11) is -3.76. The molecular weight excluding hydrogens is 382 g/mol. The van der Waals surface area contributed by atoms with Gasteiger partial charge in [-0.1, -0.05) is 42.9 Å². The van der Waals surface area contributed by atoms with E-state index in [9.17, 15) is 13.2 Å². The molecule has 1 aromatic carbocycles. The van der Waals surface area contributed by atoms with Gasteiger partial charge in [0.1, 0.15) is 4.88 Å². The summed E-state index contributed by atoms with van der Waals surface area (Å²) in [4.78, 5) is 19.6. The number of aryl methyl sites for hydroxylation is 3. The van der Waals surface area contributed by atoms with E-state index in [1.54, 1.807) is 30.9 Å². The number of benzene rings is 1. The molecule has 6 nitrogen and oxygen atoms in total. The Morgan fingerprint density at radius 3 is 2.33 bits per heavy atom. The normalized spacial score (nSPS) is 11.4. The monoisotopic (exact) mass is 409 g/mol. The average Bonchev–Trinajstić information content (AvgIpc) is 2.93. The highest BCUT2D eigenvalue weighted by Gasteiger charge is 2.24. The van der Waals surface area contributed by atoms with E-state index in [1.807, 2.05) is 26.8 Å². The van der Waals surface area contributed by atoms with Crippen molar-refractivity contribution >= 4 is 32.4 Å². The van der Waals surface area contributed by atoms with E-state index in [-0.39, 0.29) is 15.9 Å². The molecule has 0 radical (unpaired) electrons. The van der Waals surface area contributed by atoms with Crippen molar-refractivity contribution in [1.29, 1.82) is 0 Å². The largest absolute Gasteiger partial charge is 0.338 e. The fourth-order valence-electron chi connectivity index (χ4n) is 2.91. The number of aromatic nitrogens is 1. The van der Waals surface area contributed by atoms with Crippen LogP contribution in [0.5, 0.6) is 0 Å². The van der Waals surface area contributed by atoms with E-state index >= 15 is 0 Å². The van der Waals surface area contributed by atoms with Crippen LogP contribution in [0, 0.1) is 20.8 Å². The van der Waals surface area contributed by atoms with E-state index in [1.165, 1.54) is 0 Å². The Labute approximate surface area is 165 Å². The van der Waals surface area contributed by atoms with Gasteiger partial charge in [0.25, 0.3) is 15.9 Å². The van der Waals surface area contributed by atoms with Gasteiger partial charge < -0.3 is 4.90 Å². The van der Waals surface area contributed by atoms with Crippen LogP contribution in [0.4, 0.5) is 5.13 Å². The molecule has 0 aliphatic rings. The van der Waals surface area contributed by atoms with Crippen LogP contribution < -0.4 is 4.72 Å². The van der Waals surface area contributed by atoms with Crippen LogP contribution >= 0.6 is 11.3 Å². The summed E-state index contributed by atoms with van der Waals surface area (Å²) in [5.41, 5.74) is 2.21. The lowest BCUT2D eigenvalue weighted by Crippen LogP contribution is -2.32. The molecule has 1 amide bonds. The van der Waals surface area contributed by atoms with Crippen LogP contribution in [0.3, 0.4) is 0 Å². The van der Waals surface area contributed by atoms with Gasteiger partial charge in [-0.2, -0.15) is 0 Å². The van der Waals surface area contributed by atoms with Gasteiger partial charge in [-0.3, -0.25) is 9.52 Å². The van der Waals surface area contributed by atoms with Gasteiger partial charge in [-0.25, -0.2) is 13.4 Å². The number of thiazole rings is 1. The van der Waals surface area contributed by atoms with Crippen molar-refractivity contribution in [2.75, 3.05) is 17.8 Å². The molecule has 0 saturated heterocycles. The first-order valence-electron chi connectivity index (χ1n) is 9.06. The summed E-state index contributed by atoms with van der Waals surface area (Å²) in [6.45, 7) is 10.8. The Balaban J connectivity index is 2.28. The second-order valence-electron chi connectivity index (χ2n) is 6.60. The molecule has 1 N–H and O–H groups in total. The SMILES string of the molecule is CCCN(CCC)C(=O)c1sc(NS(=O)(=O)c2ccc(C)cc2C)nc1C. The zero-order chi connectivity index (χ0) is 20.2. The third-order valence-electron chi connectivity index (χ3n) is 4.11. The molecule has 1 heterocycles. The maximum Gasteiger partial charge on any atom is 0.265 e. The number of amides is 1. The highest BCUT2D eigenvalue weighted by atomic mass is 32.2. The lowest BCUT2D eigenvalue weighted by Gasteiger charge is -2.20. The molecule has 8 heteroatoms. The maximum absolute atomic E-state index is 12.8. The number of hydrogen-bond acceptors (Lipinski definition) is 5. The zero-order valence-corrected chi connectivity index (χ0v) is 18.1. The number of sulfonamides is 1. The van der Waals surface area contributed by atoms with Crippen LogP contribution in [0.1, 0.15) is 53.2 Å². The quantitative estimate of drug-likeness (QED) is 0.711. The first kappa shape index (κ1) is 21.4. The van der Waals surface area contributed by atoms with Crippen LogP contribution in [0.15, 0.2) is 23.1 Å². The van der Waals surface area contributed by atoms with Gasteiger partial charge in [0, 0.05) is 13.1 Å². The molecule has 2 aromatic rings. The van der Waals surface area contributed by atoms with Gasteiger partial charge in [0.05, 0.1) is 10.6 Å². The molecule has 148 valence electrons. The third-order valence-corrected chi connectivity index (χ3v) is 6.80. The van der Waals surface area contributed by atoms with E-state index < -0.39 is 10.0 Å². The molecule has 2 rings (SSSR count). The maximum atomic E-state index is 12.8. The van der Waals surface area contributed by atoms with Crippen molar-refractivity contribution in [3.8, 4) is 0 Å². The summed E-state index contributed by atoms with van der Waals surface area (Å²) in [5.74, 6) is -0.0920. The molecule has 0 spiro atoms. The molecule has 0 bridgehead atoms. The molecule has 0 unspecified atom stereocenters. The van der Waals surface area contributed by atoms with E-state index in [4.69, 9.17) is 0 Å². The minimum atomic E-state index is -3.76. The van der Waals surface area contributed by atoms with Crippen molar-refractivity contribution in [2.45, 2.75) is 52.4 Å². The molecule has 1 aromatic heterocycles. The lowest BCUT2D eigenvalue weighted by molar-refractivity contribution is 0.0759. The fourth-order valence-corrected chi connectivity index (χ4v) is 5.30. The summed E-state index contributed by atoms with van der Waals surface area (Å²) >= 11 is 1.09. The zero-order valence-electron chi connectivity index (χ0n) is 16.5. The highest BCUT2D eigenvalue weighted by molar-refractivity contribution is 7.93. The van der Waals surface area contributed by atoms with Gasteiger partial charge >= 0.3 is 0 Å². The van der Waals surface area contributed by atoms with Crippen molar-refractivity contribution in [1.82, 2.24) is 9.88 Å². The number of anilines is 1. The molecule has 0 aliphatic carbocycles. The Hall–Kier alpha value is -1.93. The minimum Gasteiger partial charge on any atom is -0.338 e.